The van der Waals surface area contributed by atoms with E-state index in [-0.39, 0.29) is 32.7 Å². The van der Waals surface area contributed by atoms with Crippen molar-refractivity contribution in [2.75, 3.05) is 7.05 Å². The number of nitrogens with one attached hydrogen (secondary N) is 1. The number of fused-ring (bicyclic) bond motifs is 8. The van der Waals surface area contributed by atoms with E-state index in [9.17, 15) is 0 Å². The molecular weight excluding hydrogens is 589 g/mol. The fraction of sp³-hybridized carbons (Fsp3) is 0.0588. The van der Waals surface area contributed by atoms with Crippen molar-refractivity contribution in [3.63, 3.8) is 0 Å². The molecule has 7 rings (SSSR count). The quantitative estimate of drug-likeness (QED) is 0.183. The van der Waals surface area contributed by atoms with Crippen molar-refractivity contribution in [2.24, 2.45) is 0 Å². The number of rotatable bonds is 1. The van der Waals surface area contributed by atoms with E-state index >= 15 is 0 Å². The largest absolute Gasteiger partial charge is 0.781 e. The first-order chi connectivity index (χ1) is 18.6. The summed E-state index contributed by atoms with van der Waals surface area (Å²) in [5, 5.41) is 10.7. The summed E-state index contributed by atoms with van der Waals surface area (Å²) in [5.74, 6) is 0. The van der Waals surface area contributed by atoms with Gasteiger partial charge >= 0.3 is 0 Å². The summed E-state index contributed by atoms with van der Waals surface area (Å²) in [4.78, 5) is 4.39. The number of thiophene rings is 1. The third-order valence-corrected chi connectivity index (χ3v) is 8.34. The van der Waals surface area contributed by atoms with Gasteiger partial charge in [0.1, 0.15) is 0 Å². The molecule has 0 fully saturated rings. The number of H-pyrrole nitrogens is 1. The molecule has 1 aliphatic carbocycles. The zero-order valence-electron chi connectivity index (χ0n) is 21.6. The van der Waals surface area contributed by atoms with Crippen LogP contribution in [0.25, 0.3) is 53.2 Å². The Morgan fingerprint density at radius 2 is 1.62 bits per heavy atom. The second kappa shape index (κ2) is 12.0. The summed E-state index contributed by atoms with van der Waals surface area (Å²) in [5.41, 5.74) is 5.67. The zero-order valence-corrected chi connectivity index (χ0v) is 26.1. The molecule has 1 radical (unpaired) electrons. The van der Waals surface area contributed by atoms with Crippen LogP contribution in [0.5, 0.6) is 0 Å². The van der Waals surface area contributed by atoms with Gasteiger partial charge in [-0.15, -0.1) is 24.1 Å². The molecule has 2 aromatic heterocycles. The van der Waals surface area contributed by atoms with Crippen molar-refractivity contribution in [2.45, 2.75) is 11.3 Å². The first kappa shape index (κ1) is 27.5. The minimum atomic E-state index is 0. The molecule has 39 heavy (non-hydrogen) atoms. The summed E-state index contributed by atoms with van der Waals surface area (Å²) < 4.78 is 2.55. The molecule has 5 heteroatoms. The van der Waals surface area contributed by atoms with Crippen LogP contribution in [0, 0.1) is 0 Å². The van der Waals surface area contributed by atoms with E-state index in [1.807, 2.05) is 18.2 Å². The van der Waals surface area contributed by atoms with Gasteiger partial charge in [-0.05, 0) is 63.4 Å². The SMILES string of the molecule is C=C1/C=C\C=C/Cc2c([nH]c3ccc4ccccc4c23)/C=C\1.C[N-]c1c([S-])ccc2sc3ccccc3c12.[Y]. The molecule has 0 aliphatic heterocycles. The van der Waals surface area contributed by atoms with E-state index in [0.29, 0.717) is 0 Å². The zero-order chi connectivity index (χ0) is 26.1. The molecule has 6 aromatic rings. The topological polar surface area (TPSA) is 29.9 Å². The van der Waals surface area contributed by atoms with Crippen LogP contribution in [0.2, 0.25) is 0 Å². The van der Waals surface area contributed by atoms with E-state index in [0.717, 1.165) is 22.6 Å². The van der Waals surface area contributed by atoms with Crippen LogP contribution in [0.4, 0.5) is 5.69 Å². The van der Waals surface area contributed by atoms with Crippen LogP contribution in [-0.2, 0) is 51.8 Å². The minimum Gasteiger partial charge on any atom is -0.781 e. The molecule has 4 aromatic carbocycles. The van der Waals surface area contributed by atoms with Crippen molar-refractivity contribution in [3.8, 4) is 0 Å². The van der Waals surface area contributed by atoms with Crippen LogP contribution >= 0.6 is 11.3 Å². The van der Waals surface area contributed by atoms with Crippen molar-refractivity contribution >= 4 is 77.6 Å². The Kier molecular flexibility index (Phi) is 8.49. The molecule has 2 heterocycles. The van der Waals surface area contributed by atoms with Gasteiger partial charge < -0.3 is 22.9 Å². The average molecular weight is 616 g/mol. The van der Waals surface area contributed by atoms with E-state index in [1.54, 1.807) is 18.4 Å². The van der Waals surface area contributed by atoms with Gasteiger partial charge in [-0.1, -0.05) is 91.6 Å². The molecule has 0 bridgehead atoms. The molecule has 1 N–H and O–H groups in total. The molecule has 0 unspecified atom stereocenters. The summed E-state index contributed by atoms with van der Waals surface area (Å²) in [6.45, 7) is 4.04. The average Bonchev–Trinajstić information content (AvgIpc) is 3.50. The van der Waals surface area contributed by atoms with Crippen LogP contribution in [0.15, 0.2) is 120 Å². The molecule has 189 valence electrons. The van der Waals surface area contributed by atoms with Crippen molar-refractivity contribution in [3.05, 3.63) is 132 Å². The van der Waals surface area contributed by atoms with Gasteiger partial charge in [0.25, 0.3) is 0 Å². The summed E-state index contributed by atoms with van der Waals surface area (Å²) in [7, 11) is 1.80. The Morgan fingerprint density at radius 3 is 2.46 bits per heavy atom. The number of nitrogens with zero attached hydrogens (tertiary/aromatic N) is 1. The molecule has 0 amide bonds. The number of allylic oxidation sites excluding steroid dienone is 6. The normalized spacial score (nSPS) is 15.3. The number of aromatic amines is 1. The van der Waals surface area contributed by atoms with Gasteiger partial charge in [-0.3, -0.25) is 0 Å². The first-order valence-corrected chi connectivity index (χ1v) is 13.8. The van der Waals surface area contributed by atoms with E-state index in [1.165, 1.54) is 53.1 Å². The summed E-state index contributed by atoms with van der Waals surface area (Å²) in [6.07, 6.45) is 13.5. The van der Waals surface area contributed by atoms with Crippen LogP contribution < -0.4 is 0 Å². The van der Waals surface area contributed by atoms with Gasteiger partial charge in [0, 0.05) is 58.7 Å². The molecule has 2 nitrogen and oxygen atoms in total. The number of hydrogen-bond acceptors (Lipinski definition) is 2. The van der Waals surface area contributed by atoms with Gasteiger partial charge in [-0.25, -0.2) is 0 Å². The van der Waals surface area contributed by atoms with Crippen LogP contribution in [0.1, 0.15) is 11.3 Å². The predicted octanol–water partition coefficient (Wildman–Crippen LogP) is 10.2. The van der Waals surface area contributed by atoms with Crippen molar-refractivity contribution < 1.29 is 32.7 Å². The maximum absolute atomic E-state index is 5.32. The third kappa shape index (κ3) is 5.40. The van der Waals surface area contributed by atoms with Crippen LogP contribution in [-0.4, -0.2) is 12.0 Å². The van der Waals surface area contributed by atoms with Crippen molar-refractivity contribution in [1.82, 2.24) is 4.98 Å². The first-order valence-electron chi connectivity index (χ1n) is 12.6. The third-order valence-electron chi connectivity index (χ3n) is 6.87. The second-order valence-corrected chi connectivity index (χ2v) is 10.8. The fourth-order valence-electron chi connectivity index (χ4n) is 5.10. The number of aromatic nitrogens is 1. The Balaban J connectivity index is 0.000000161. The number of hydrogen-bond donors (Lipinski definition) is 1. The van der Waals surface area contributed by atoms with E-state index in [2.05, 4.69) is 108 Å². The fourth-order valence-corrected chi connectivity index (χ4v) is 6.47. The molecule has 0 saturated heterocycles. The van der Waals surface area contributed by atoms with Crippen LogP contribution in [0.3, 0.4) is 0 Å². The van der Waals surface area contributed by atoms with Crippen molar-refractivity contribution in [1.29, 1.82) is 0 Å². The molecule has 0 saturated carbocycles. The monoisotopic (exact) mass is 615 g/mol. The van der Waals surface area contributed by atoms with Gasteiger partial charge in [0.05, 0.1) is 0 Å². The maximum Gasteiger partial charge on any atom is 0.0468 e. The Morgan fingerprint density at radius 1 is 0.821 bits per heavy atom. The Labute approximate surface area is 263 Å². The molecular formula is C34H26N2S2Y-2. The second-order valence-electron chi connectivity index (χ2n) is 9.23. The Bertz CT molecular complexity index is 1920. The van der Waals surface area contributed by atoms with Gasteiger partial charge in [0.15, 0.2) is 0 Å². The maximum atomic E-state index is 5.32. The molecule has 0 spiro atoms. The van der Waals surface area contributed by atoms with Gasteiger partial charge in [-0.2, -0.15) is 4.90 Å². The minimum absolute atomic E-state index is 0. The molecule has 0 atom stereocenters. The summed E-state index contributed by atoms with van der Waals surface area (Å²) in [6, 6.07) is 25.4. The smallest absolute Gasteiger partial charge is 0.0468 e. The predicted molar refractivity (Wildman–Crippen MR) is 170 cm³/mol. The van der Waals surface area contributed by atoms with E-state index in [4.69, 9.17) is 12.6 Å². The summed E-state index contributed by atoms with van der Waals surface area (Å²) >= 11 is 7.11. The van der Waals surface area contributed by atoms with Gasteiger partial charge in [0.2, 0.25) is 0 Å². The molecule has 1 aliphatic rings. The Hall–Kier alpha value is -3.02. The standard InChI is InChI=1S/C21H17N.C13H10NS2.Y/c1-15-7-3-2-4-10-18-19(13-11-15)22-20-14-12-16-8-5-6-9-17(16)21(18)20;1-14-13-9(15)6-7-11-12(13)8-4-2-3-5-10(8)16-11;/h2-9,11-14,22H,1,10H2;2-7,15H,1H3;/q;-1;/p-1/b4-2-,7-3-,13-11-;;. The van der Waals surface area contributed by atoms with E-state index < -0.39 is 0 Å². The number of benzene rings is 4.